The first-order valence-electron chi connectivity index (χ1n) is 10.2. The number of rotatable bonds is 7. The van der Waals surface area contributed by atoms with Gasteiger partial charge < -0.3 is 10.3 Å². The molecule has 0 radical (unpaired) electrons. The number of anilines is 1. The zero-order valence-electron chi connectivity index (χ0n) is 18.4. The van der Waals surface area contributed by atoms with Crippen molar-refractivity contribution in [3.05, 3.63) is 107 Å². The Bertz CT molecular complexity index is 1310. The van der Waals surface area contributed by atoms with Crippen LogP contribution in [0.2, 0.25) is 0 Å². The van der Waals surface area contributed by atoms with Crippen molar-refractivity contribution in [2.45, 2.75) is 13.8 Å². The molecule has 1 aromatic carbocycles. The number of aryl methyl sites for hydroxylation is 2. The van der Waals surface area contributed by atoms with Crippen LogP contribution in [-0.4, -0.2) is 27.0 Å². The van der Waals surface area contributed by atoms with Crippen LogP contribution in [0, 0.1) is 13.8 Å². The fourth-order valence-corrected chi connectivity index (χ4v) is 4.50. The number of nitrogens with zero attached hydrogens (tertiary/aromatic N) is 3. The molecular formula is C26H25N5S. The largest absolute Gasteiger partial charge is 0.388 e. The molecule has 0 fully saturated rings. The number of H-pyrrole nitrogens is 1. The highest BCUT2D eigenvalue weighted by atomic mass is 32.1. The molecule has 4 rings (SSSR count). The SMILES string of the molecule is C=C/C=C(/c1ccc(C)s1)c1nc(C(=C)c2cc(-c3cncnc3)ccc2NC)[nH]c1C. The van der Waals surface area contributed by atoms with Gasteiger partial charge in [-0.1, -0.05) is 31.4 Å². The van der Waals surface area contributed by atoms with Gasteiger partial charge >= 0.3 is 0 Å². The van der Waals surface area contributed by atoms with Crippen molar-refractivity contribution in [3.8, 4) is 11.1 Å². The molecule has 0 atom stereocenters. The van der Waals surface area contributed by atoms with E-state index in [1.165, 1.54) is 11.2 Å². The van der Waals surface area contributed by atoms with Gasteiger partial charge in [-0.3, -0.25) is 0 Å². The molecule has 0 spiro atoms. The summed E-state index contributed by atoms with van der Waals surface area (Å²) in [5, 5.41) is 3.26. The van der Waals surface area contributed by atoms with Crippen LogP contribution in [0.15, 0.2) is 74.4 Å². The maximum absolute atomic E-state index is 4.95. The van der Waals surface area contributed by atoms with Crippen LogP contribution < -0.4 is 5.32 Å². The lowest BCUT2D eigenvalue weighted by atomic mass is 9.99. The van der Waals surface area contributed by atoms with Gasteiger partial charge in [0.15, 0.2) is 0 Å². The van der Waals surface area contributed by atoms with Gasteiger partial charge in [-0.15, -0.1) is 11.3 Å². The van der Waals surface area contributed by atoms with Gasteiger partial charge in [0.2, 0.25) is 0 Å². The number of aromatic amines is 1. The van der Waals surface area contributed by atoms with E-state index in [0.29, 0.717) is 0 Å². The quantitative estimate of drug-likeness (QED) is 0.333. The lowest BCUT2D eigenvalue weighted by Crippen LogP contribution is -1.98. The highest BCUT2D eigenvalue weighted by Crippen LogP contribution is 2.34. The van der Waals surface area contributed by atoms with E-state index in [2.05, 4.69) is 58.5 Å². The fourth-order valence-electron chi connectivity index (χ4n) is 3.61. The van der Waals surface area contributed by atoms with Crippen molar-refractivity contribution in [3.63, 3.8) is 0 Å². The third-order valence-corrected chi connectivity index (χ3v) is 6.26. The Balaban J connectivity index is 1.76. The fraction of sp³-hybridized carbons (Fsp3) is 0.115. The number of nitrogens with one attached hydrogen (secondary N) is 2. The van der Waals surface area contributed by atoms with Crippen LogP contribution in [-0.2, 0) is 0 Å². The van der Waals surface area contributed by atoms with E-state index >= 15 is 0 Å². The minimum atomic E-state index is 0.735. The first kappa shape index (κ1) is 21.5. The molecule has 0 amide bonds. The summed E-state index contributed by atoms with van der Waals surface area (Å²) in [6, 6.07) is 10.4. The van der Waals surface area contributed by atoms with E-state index in [4.69, 9.17) is 4.98 Å². The van der Waals surface area contributed by atoms with Gasteiger partial charge in [-0.05, 0) is 43.7 Å². The highest BCUT2D eigenvalue weighted by Gasteiger charge is 2.18. The van der Waals surface area contributed by atoms with E-state index in [1.807, 2.05) is 32.2 Å². The topological polar surface area (TPSA) is 66.5 Å². The molecule has 0 unspecified atom stereocenters. The zero-order valence-corrected chi connectivity index (χ0v) is 19.3. The number of benzene rings is 1. The third-order valence-electron chi connectivity index (χ3n) is 5.22. The van der Waals surface area contributed by atoms with Gasteiger partial charge in [-0.2, -0.15) is 0 Å². The van der Waals surface area contributed by atoms with Crippen molar-refractivity contribution in [2.75, 3.05) is 12.4 Å². The molecule has 0 bridgehead atoms. The maximum Gasteiger partial charge on any atom is 0.138 e. The monoisotopic (exact) mass is 439 g/mol. The molecule has 32 heavy (non-hydrogen) atoms. The normalized spacial score (nSPS) is 11.4. The van der Waals surface area contributed by atoms with E-state index in [-0.39, 0.29) is 0 Å². The average Bonchev–Trinajstić information content (AvgIpc) is 3.42. The Morgan fingerprint density at radius 3 is 2.53 bits per heavy atom. The minimum absolute atomic E-state index is 0.735. The van der Waals surface area contributed by atoms with Crippen LogP contribution in [0.4, 0.5) is 5.69 Å². The summed E-state index contributed by atoms with van der Waals surface area (Å²) in [5.41, 5.74) is 7.66. The summed E-state index contributed by atoms with van der Waals surface area (Å²) in [5.74, 6) is 0.735. The van der Waals surface area contributed by atoms with Crippen molar-refractivity contribution < 1.29 is 0 Å². The number of allylic oxidation sites excluding steroid dienone is 2. The van der Waals surface area contributed by atoms with Gasteiger partial charge in [0.25, 0.3) is 0 Å². The predicted molar refractivity (Wildman–Crippen MR) is 135 cm³/mol. The molecule has 0 saturated heterocycles. The van der Waals surface area contributed by atoms with Gasteiger partial charge in [0, 0.05) is 62.9 Å². The Hall–Kier alpha value is -3.77. The number of hydrogen-bond donors (Lipinski definition) is 2. The van der Waals surface area contributed by atoms with Crippen LogP contribution in [0.25, 0.3) is 22.3 Å². The lowest BCUT2D eigenvalue weighted by Gasteiger charge is -2.12. The summed E-state index contributed by atoms with van der Waals surface area (Å²) < 4.78 is 0. The van der Waals surface area contributed by atoms with Gasteiger partial charge in [0.1, 0.15) is 12.2 Å². The van der Waals surface area contributed by atoms with Crippen molar-refractivity contribution >= 4 is 28.2 Å². The molecule has 0 aliphatic heterocycles. The zero-order chi connectivity index (χ0) is 22.7. The second-order valence-corrected chi connectivity index (χ2v) is 8.69. The Morgan fingerprint density at radius 1 is 1.09 bits per heavy atom. The van der Waals surface area contributed by atoms with Crippen LogP contribution in [0.5, 0.6) is 0 Å². The van der Waals surface area contributed by atoms with E-state index in [9.17, 15) is 0 Å². The van der Waals surface area contributed by atoms with Gasteiger partial charge in [-0.25, -0.2) is 15.0 Å². The molecule has 3 heterocycles. The molecule has 160 valence electrons. The number of thiophene rings is 1. The van der Waals surface area contributed by atoms with Crippen LogP contribution in [0.1, 0.15) is 32.5 Å². The number of imidazole rings is 1. The summed E-state index contributed by atoms with van der Waals surface area (Å²) in [7, 11) is 1.90. The Kier molecular flexibility index (Phi) is 6.14. The maximum atomic E-state index is 4.95. The Labute approximate surface area is 192 Å². The minimum Gasteiger partial charge on any atom is -0.388 e. The summed E-state index contributed by atoms with van der Waals surface area (Å²) in [6.07, 6.45) is 8.95. The number of aromatic nitrogens is 4. The van der Waals surface area contributed by atoms with Gasteiger partial charge in [0.05, 0.1) is 5.69 Å². The van der Waals surface area contributed by atoms with E-state index < -0.39 is 0 Å². The molecule has 3 aromatic heterocycles. The second kappa shape index (κ2) is 9.16. The molecule has 0 aliphatic rings. The van der Waals surface area contributed by atoms with Crippen molar-refractivity contribution in [1.29, 1.82) is 0 Å². The average molecular weight is 440 g/mol. The first-order valence-corrected chi connectivity index (χ1v) is 11.1. The van der Waals surface area contributed by atoms with Crippen molar-refractivity contribution in [1.82, 2.24) is 19.9 Å². The summed E-state index contributed by atoms with van der Waals surface area (Å²) in [6.45, 7) is 12.4. The molecule has 0 aliphatic carbocycles. The standard InChI is InChI=1S/C26H25N5S/c1-6-7-21(24-11-8-16(2)32-24)25-18(4)30-26(31-25)17(3)22-12-19(9-10-23(22)27-5)20-13-28-15-29-14-20/h6-15,27H,1,3H2,2,4-5H3,(H,30,31)/b21-7-. The molecule has 4 aromatic rings. The molecule has 2 N–H and O–H groups in total. The molecule has 5 nitrogen and oxygen atoms in total. The first-order chi connectivity index (χ1) is 15.5. The second-order valence-electron chi connectivity index (χ2n) is 7.40. The highest BCUT2D eigenvalue weighted by molar-refractivity contribution is 7.13. The molecule has 6 heteroatoms. The summed E-state index contributed by atoms with van der Waals surface area (Å²) >= 11 is 1.74. The third kappa shape index (κ3) is 4.18. The summed E-state index contributed by atoms with van der Waals surface area (Å²) in [4.78, 5) is 19.1. The van der Waals surface area contributed by atoms with E-state index in [0.717, 1.165) is 55.6 Å². The van der Waals surface area contributed by atoms with Crippen LogP contribution in [0.3, 0.4) is 0 Å². The Morgan fingerprint density at radius 2 is 1.88 bits per heavy atom. The smallest absolute Gasteiger partial charge is 0.138 e. The van der Waals surface area contributed by atoms with Crippen LogP contribution >= 0.6 is 11.3 Å². The number of hydrogen-bond acceptors (Lipinski definition) is 5. The van der Waals surface area contributed by atoms with E-state index in [1.54, 1.807) is 29.8 Å². The van der Waals surface area contributed by atoms with Crippen molar-refractivity contribution in [2.24, 2.45) is 0 Å². The molecular weight excluding hydrogens is 414 g/mol. The molecule has 0 saturated carbocycles. The predicted octanol–water partition coefficient (Wildman–Crippen LogP) is 6.27. The lowest BCUT2D eigenvalue weighted by molar-refractivity contribution is 1.17.